The first kappa shape index (κ1) is 15.7. The molecular formula is C16H17N5O3. The minimum absolute atomic E-state index is 0.0460. The molecule has 0 aliphatic carbocycles. The Balaban J connectivity index is 1.57. The van der Waals surface area contributed by atoms with Crippen molar-refractivity contribution in [1.82, 2.24) is 9.88 Å². The molecule has 0 saturated carbocycles. The lowest BCUT2D eigenvalue weighted by atomic mass is 10.2. The number of benzene rings is 1. The van der Waals surface area contributed by atoms with Gasteiger partial charge in [-0.2, -0.15) is 0 Å². The summed E-state index contributed by atoms with van der Waals surface area (Å²) in [4.78, 5) is 30.5. The minimum Gasteiger partial charge on any atom is -0.368 e. The van der Waals surface area contributed by atoms with Crippen LogP contribution < -0.4 is 10.2 Å². The fourth-order valence-corrected chi connectivity index (χ4v) is 2.62. The Kier molecular flexibility index (Phi) is 4.55. The molecule has 8 nitrogen and oxygen atoms in total. The molecule has 1 saturated heterocycles. The van der Waals surface area contributed by atoms with Crippen LogP contribution in [0.1, 0.15) is 0 Å². The van der Waals surface area contributed by atoms with E-state index in [2.05, 4.69) is 15.2 Å². The average Bonchev–Trinajstić information content (AvgIpc) is 2.63. The molecule has 8 heteroatoms. The number of amides is 2. The number of carbonyl (C=O) groups is 1. The predicted octanol–water partition coefficient (Wildman–Crippen LogP) is 2.34. The summed E-state index contributed by atoms with van der Waals surface area (Å²) in [5.41, 5.74) is 1.46. The second kappa shape index (κ2) is 6.95. The van der Waals surface area contributed by atoms with Crippen molar-refractivity contribution in [3.05, 3.63) is 58.9 Å². The Bertz CT molecular complexity index is 730. The number of nitrogens with one attached hydrogen (secondary N) is 1. The number of hydrogen-bond acceptors (Lipinski definition) is 5. The topological polar surface area (TPSA) is 91.6 Å². The normalized spacial score (nSPS) is 14.3. The second-order valence-corrected chi connectivity index (χ2v) is 5.42. The molecule has 1 N–H and O–H groups in total. The van der Waals surface area contributed by atoms with E-state index in [0.717, 1.165) is 18.8 Å². The molecule has 0 bridgehead atoms. The van der Waals surface area contributed by atoms with Gasteiger partial charge in [-0.25, -0.2) is 4.79 Å². The number of non-ortho nitro benzene ring substituents is 1. The molecule has 2 heterocycles. The van der Waals surface area contributed by atoms with Gasteiger partial charge in [-0.15, -0.1) is 0 Å². The third kappa shape index (κ3) is 3.60. The van der Waals surface area contributed by atoms with E-state index in [1.54, 1.807) is 29.4 Å². The molecule has 0 unspecified atom stereocenters. The number of pyridine rings is 1. The maximum Gasteiger partial charge on any atom is 0.321 e. The maximum absolute atomic E-state index is 12.3. The van der Waals surface area contributed by atoms with Crippen molar-refractivity contribution in [1.29, 1.82) is 0 Å². The molecule has 2 amide bonds. The van der Waals surface area contributed by atoms with Crippen molar-refractivity contribution in [2.24, 2.45) is 0 Å². The molecule has 3 rings (SSSR count). The monoisotopic (exact) mass is 327 g/mol. The third-order valence-electron chi connectivity index (χ3n) is 3.90. The van der Waals surface area contributed by atoms with Crippen LogP contribution in [0, 0.1) is 10.1 Å². The summed E-state index contributed by atoms with van der Waals surface area (Å²) >= 11 is 0. The highest BCUT2D eigenvalue weighted by Gasteiger charge is 2.21. The van der Waals surface area contributed by atoms with Gasteiger partial charge in [-0.05, 0) is 18.2 Å². The zero-order chi connectivity index (χ0) is 16.9. The zero-order valence-corrected chi connectivity index (χ0v) is 13.0. The Labute approximate surface area is 138 Å². The number of anilines is 2. The van der Waals surface area contributed by atoms with Crippen molar-refractivity contribution in [2.75, 3.05) is 36.4 Å². The number of nitro groups is 1. The number of nitrogens with zero attached hydrogens (tertiary/aromatic N) is 4. The quantitative estimate of drug-likeness (QED) is 0.690. The molecule has 1 fully saturated rings. The van der Waals surface area contributed by atoms with Gasteiger partial charge in [0.15, 0.2) is 0 Å². The van der Waals surface area contributed by atoms with Crippen molar-refractivity contribution in [3.8, 4) is 0 Å². The summed E-state index contributed by atoms with van der Waals surface area (Å²) in [6.45, 7) is 2.63. The van der Waals surface area contributed by atoms with Crippen molar-refractivity contribution < 1.29 is 9.72 Å². The first-order valence-corrected chi connectivity index (χ1v) is 7.59. The number of piperazine rings is 1. The van der Waals surface area contributed by atoms with Crippen LogP contribution in [-0.4, -0.2) is 47.0 Å². The molecule has 1 aliphatic rings. The smallest absolute Gasteiger partial charge is 0.321 e. The van der Waals surface area contributed by atoms with E-state index in [1.165, 1.54) is 12.1 Å². The fourth-order valence-electron chi connectivity index (χ4n) is 2.62. The SMILES string of the molecule is O=C(Nc1cccc([N+](=O)[O-])c1)N1CCN(c2ccncc2)CC1. The van der Waals surface area contributed by atoms with Crippen LogP contribution in [0.15, 0.2) is 48.8 Å². The molecule has 1 aromatic carbocycles. The molecule has 1 aliphatic heterocycles. The molecule has 0 spiro atoms. The lowest BCUT2D eigenvalue weighted by Crippen LogP contribution is -2.50. The Morgan fingerprint density at radius 3 is 2.50 bits per heavy atom. The Morgan fingerprint density at radius 1 is 1.12 bits per heavy atom. The highest BCUT2D eigenvalue weighted by molar-refractivity contribution is 5.89. The lowest BCUT2D eigenvalue weighted by Gasteiger charge is -2.36. The van der Waals surface area contributed by atoms with Crippen molar-refractivity contribution in [3.63, 3.8) is 0 Å². The largest absolute Gasteiger partial charge is 0.368 e. The van der Waals surface area contributed by atoms with E-state index in [1.807, 2.05) is 12.1 Å². The van der Waals surface area contributed by atoms with E-state index in [9.17, 15) is 14.9 Å². The van der Waals surface area contributed by atoms with Gasteiger partial charge in [0.1, 0.15) is 0 Å². The fraction of sp³-hybridized carbons (Fsp3) is 0.250. The second-order valence-electron chi connectivity index (χ2n) is 5.42. The van der Waals surface area contributed by atoms with Crippen LogP contribution in [0.2, 0.25) is 0 Å². The number of rotatable bonds is 3. The number of hydrogen-bond donors (Lipinski definition) is 1. The van der Waals surface area contributed by atoms with E-state index >= 15 is 0 Å². The average molecular weight is 327 g/mol. The van der Waals surface area contributed by atoms with Crippen LogP contribution in [0.25, 0.3) is 0 Å². The Hall–Kier alpha value is -3.16. The van der Waals surface area contributed by atoms with Crippen LogP contribution in [0.4, 0.5) is 21.9 Å². The highest BCUT2D eigenvalue weighted by atomic mass is 16.6. The van der Waals surface area contributed by atoms with Gasteiger partial charge in [0.05, 0.1) is 4.92 Å². The number of carbonyl (C=O) groups excluding carboxylic acids is 1. The van der Waals surface area contributed by atoms with Crippen LogP contribution in [0.5, 0.6) is 0 Å². The number of aromatic nitrogens is 1. The van der Waals surface area contributed by atoms with E-state index in [4.69, 9.17) is 0 Å². The van der Waals surface area contributed by atoms with Crippen molar-refractivity contribution >= 4 is 23.1 Å². The standard InChI is InChI=1S/C16H17N5O3/c22-16(18-13-2-1-3-15(12-13)21(23)24)20-10-8-19(9-11-20)14-4-6-17-7-5-14/h1-7,12H,8-11H2,(H,18,22). The number of urea groups is 1. The molecule has 0 atom stereocenters. The van der Waals surface area contributed by atoms with Gasteiger partial charge in [0.25, 0.3) is 5.69 Å². The molecule has 0 radical (unpaired) electrons. The molecule has 124 valence electrons. The molecular weight excluding hydrogens is 310 g/mol. The molecule has 2 aromatic rings. The summed E-state index contributed by atoms with van der Waals surface area (Å²) < 4.78 is 0. The predicted molar refractivity (Wildman–Crippen MR) is 90.1 cm³/mol. The summed E-state index contributed by atoms with van der Waals surface area (Å²) in [6, 6.07) is 9.57. The zero-order valence-electron chi connectivity index (χ0n) is 13.0. The summed E-state index contributed by atoms with van der Waals surface area (Å²) in [7, 11) is 0. The van der Waals surface area contributed by atoms with Crippen LogP contribution in [-0.2, 0) is 0 Å². The third-order valence-corrected chi connectivity index (χ3v) is 3.90. The van der Waals surface area contributed by atoms with Gasteiger partial charge in [-0.3, -0.25) is 15.1 Å². The van der Waals surface area contributed by atoms with Crippen molar-refractivity contribution in [2.45, 2.75) is 0 Å². The van der Waals surface area contributed by atoms with Gasteiger partial charge in [0, 0.05) is 62.1 Å². The highest BCUT2D eigenvalue weighted by Crippen LogP contribution is 2.19. The number of nitro benzene ring substituents is 1. The summed E-state index contributed by atoms with van der Waals surface area (Å²) in [6.07, 6.45) is 3.49. The van der Waals surface area contributed by atoms with Gasteiger partial charge >= 0.3 is 6.03 Å². The maximum atomic E-state index is 12.3. The van der Waals surface area contributed by atoms with Crippen LogP contribution >= 0.6 is 0 Å². The van der Waals surface area contributed by atoms with Gasteiger partial charge in [-0.1, -0.05) is 6.07 Å². The first-order valence-electron chi connectivity index (χ1n) is 7.59. The van der Waals surface area contributed by atoms with E-state index < -0.39 is 4.92 Å². The summed E-state index contributed by atoms with van der Waals surface area (Å²) in [5.74, 6) is 0. The molecule has 1 aromatic heterocycles. The Morgan fingerprint density at radius 2 is 1.83 bits per heavy atom. The lowest BCUT2D eigenvalue weighted by molar-refractivity contribution is -0.384. The van der Waals surface area contributed by atoms with E-state index in [0.29, 0.717) is 18.8 Å². The van der Waals surface area contributed by atoms with E-state index in [-0.39, 0.29) is 11.7 Å². The van der Waals surface area contributed by atoms with Gasteiger partial charge < -0.3 is 15.1 Å². The van der Waals surface area contributed by atoms with Gasteiger partial charge in [0.2, 0.25) is 0 Å². The first-order chi connectivity index (χ1) is 11.6. The molecule has 24 heavy (non-hydrogen) atoms. The minimum atomic E-state index is -0.483. The van der Waals surface area contributed by atoms with Crippen LogP contribution in [0.3, 0.4) is 0 Å². The summed E-state index contributed by atoms with van der Waals surface area (Å²) in [5, 5.41) is 13.5.